The van der Waals surface area contributed by atoms with Crippen LogP contribution in [-0.2, 0) is 12.1 Å². The average molecular weight is 515 g/mol. The van der Waals surface area contributed by atoms with Gasteiger partial charge < -0.3 is 5.11 Å². The van der Waals surface area contributed by atoms with Crippen LogP contribution in [0.4, 0.5) is 0 Å². The molecule has 1 aliphatic heterocycles. The van der Waals surface area contributed by atoms with Gasteiger partial charge in [-0.25, -0.2) is 0 Å². The van der Waals surface area contributed by atoms with Gasteiger partial charge in [0.2, 0.25) is 0 Å². The summed E-state index contributed by atoms with van der Waals surface area (Å²) in [5, 5.41) is 23.3. The number of halogens is 1. The van der Waals surface area contributed by atoms with Gasteiger partial charge in [0, 0.05) is 41.1 Å². The number of benzene rings is 2. The molecular weight excluding hydrogens is 484 g/mol. The quantitative estimate of drug-likeness (QED) is 0.283. The van der Waals surface area contributed by atoms with Gasteiger partial charge in [-0.1, -0.05) is 49.1 Å². The Morgan fingerprint density at radius 1 is 0.919 bits per heavy atom. The summed E-state index contributed by atoms with van der Waals surface area (Å²) in [5.74, 6) is 1.80. The highest BCUT2D eigenvalue weighted by atomic mass is 35.5. The summed E-state index contributed by atoms with van der Waals surface area (Å²) in [4.78, 5) is 5.34. The van der Waals surface area contributed by atoms with Crippen molar-refractivity contribution in [2.45, 2.75) is 64.0 Å². The second kappa shape index (κ2) is 9.88. The minimum atomic E-state index is -0.322. The van der Waals surface area contributed by atoms with E-state index in [0.29, 0.717) is 5.02 Å². The number of fused-ring (bicyclic) bond motifs is 4. The highest BCUT2D eigenvalue weighted by molar-refractivity contribution is 6.30. The Morgan fingerprint density at radius 2 is 1.68 bits per heavy atom. The molecule has 8 heteroatoms. The smallest absolute Gasteiger partial charge is 0.165 e. The lowest BCUT2D eigenvalue weighted by atomic mass is 9.96. The van der Waals surface area contributed by atoms with Gasteiger partial charge in [-0.2, -0.15) is 5.10 Å². The Hall–Kier alpha value is -3.29. The molecule has 4 aromatic rings. The molecule has 7 nitrogen and oxygen atoms in total. The second-order valence-electron chi connectivity index (χ2n) is 10.1. The lowest BCUT2D eigenvalue weighted by Gasteiger charge is -2.14. The van der Waals surface area contributed by atoms with Gasteiger partial charge in [-0.15, -0.1) is 10.2 Å². The fraction of sp³-hybridized carbons (Fsp3) is 0.379. The second-order valence-corrected chi connectivity index (χ2v) is 10.6. The third-order valence-corrected chi connectivity index (χ3v) is 7.66. The number of rotatable bonds is 9. The van der Waals surface area contributed by atoms with Crippen LogP contribution in [0.15, 0.2) is 59.9 Å². The van der Waals surface area contributed by atoms with Gasteiger partial charge in [-0.05, 0) is 62.4 Å². The van der Waals surface area contributed by atoms with Crippen molar-refractivity contribution in [3.8, 4) is 16.8 Å². The summed E-state index contributed by atoms with van der Waals surface area (Å²) in [6, 6.07) is 14.5. The van der Waals surface area contributed by atoms with Crippen LogP contribution in [0.5, 0.6) is 0 Å². The fourth-order valence-electron chi connectivity index (χ4n) is 5.21. The Labute approximate surface area is 221 Å². The summed E-state index contributed by atoms with van der Waals surface area (Å²) in [6.07, 6.45) is 11.4. The molecular formula is C29H31ClN6O. The normalized spacial score (nSPS) is 15.3. The maximum Gasteiger partial charge on any atom is 0.165 e. The SMILES string of the molecule is Cc1nnc2n1-c1ccc(-c3cnn(CCCCCCCO)c3)cc1C(c1ccc(Cl)cc1)=NC21CC1. The van der Waals surface area contributed by atoms with Crippen LogP contribution < -0.4 is 0 Å². The molecule has 0 saturated heterocycles. The number of unbranched alkanes of at least 4 members (excludes halogenated alkanes) is 4. The van der Waals surface area contributed by atoms with E-state index in [4.69, 9.17) is 21.7 Å². The number of aliphatic imine (C=N–C) groups is 1. The molecule has 2 aromatic carbocycles. The Morgan fingerprint density at radius 3 is 2.46 bits per heavy atom. The Balaban J connectivity index is 1.36. The van der Waals surface area contributed by atoms with Gasteiger partial charge in [0.05, 0.1) is 17.6 Å². The molecule has 3 heterocycles. The maximum absolute atomic E-state index is 8.94. The molecule has 0 amide bonds. The van der Waals surface area contributed by atoms with Crippen LogP contribution in [0.25, 0.3) is 16.8 Å². The summed E-state index contributed by atoms with van der Waals surface area (Å²) in [6.45, 7) is 3.19. The van der Waals surface area contributed by atoms with Crippen molar-refractivity contribution in [3.05, 3.63) is 82.7 Å². The van der Waals surface area contributed by atoms with E-state index in [1.165, 1.54) is 0 Å². The Kier molecular flexibility index (Phi) is 6.42. The van der Waals surface area contributed by atoms with Gasteiger partial charge in [0.15, 0.2) is 5.82 Å². The van der Waals surface area contributed by atoms with Crippen molar-refractivity contribution in [1.82, 2.24) is 24.5 Å². The first-order valence-electron chi connectivity index (χ1n) is 13.1. The topological polar surface area (TPSA) is 81.1 Å². The van der Waals surface area contributed by atoms with E-state index in [0.717, 1.165) is 96.8 Å². The lowest BCUT2D eigenvalue weighted by Crippen LogP contribution is -2.11. The van der Waals surface area contributed by atoms with Gasteiger partial charge in [0.1, 0.15) is 11.4 Å². The fourth-order valence-corrected chi connectivity index (χ4v) is 5.34. The van der Waals surface area contributed by atoms with Crippen LogP contribution in [0.3, 0.4) is 0 Å². The van der Waals surface area contributed by atoms with E-state index in [1.54, 1.807) is 0 Å². The third kappa shape index (κ3) is 4.62. The summed E-state index contributed by atoms with van der Waals surface area (Å²) < 4.78 is 4.21. The van der Waals surface area contributed by atoms with Crippen LogP contribution in [0, 0.1) is 6.92 Å². The van der Waals surface area contributed by atoms with Crippen molar-refractivity contribution in [3.63, 3.8) is 0 Å². The number of aromatic nitrogens is 5. The van der Waals surface area contributed by atoms with Crippen LogP contribution in [-0.4, -0.2) is 42.0 Å². The van der Waals surface area contributed by atoms with Crippen molar-refractivity contribution in [2.24, 2.45) is 4.99 Å². The highest BCUT2D eigenvalue weighted by Crippen LogP contribution is 2.51. The molecule has 1 saturated carbocycles. The predicted molar refractivity (Wildman–Crippen MR) is 145 cm³/mol. The number of nitrogens with zero attached hydrogens (tertiary/aromatic N) is 6. The zero-order valence-corrected chi connectivity index (χ0v) is 21.8. The molecule has 1 N–H and O–H groups in total. The monoisotopic (exact) mass is 514 g/mol. The van der Waals surface area contributed by atoms with Gasteiger partial charge in [-0.3, -0.25) is 14.2 Å². The molecule has 0 radical (unpaired) electrons. The molecule has 2 aromatic heterocycles. The molecule has 190 valence electrons. The minimum Gasteiger partial charge on any atom is -0.396 e. The largest absolute Gasteiger partial charge is 0.396 e. The molecule has 0 unspecified atom stereocenters. The molecule has 37 heavy (non-hydrogen) atoms. The molecule has 0 bridgehead atoms. The number of aliphatic hydroxyl groups is 1. The summed E-state index contributed by atoms with van der Waals surface area (Å²) in [7, 11) is 0. The summed E-state index contributed by atoms with van der Waals surface area (Å²) >= 11 is 6.22. The van der Waals surface area contributed by atoms with Gasteiger partial charge in [0.25, 0.3) is 0 Å². The number of hydrogen-bond acceptors (Lipinski definition) is 5. The Bertz CT molecular complexity index is 1450. The van der Waals surface area contributed by atoms with Crippen molar-refractivity contribution >= 4 is 17.3 Å². The van der Waals surface area contributed by atoms with E-state index < -0.39 is 0 Å². The van der Waals surface area contributed by atoms with Crippen molar-refractivity contribution in [2.75, 3.05) is 6.61 Å². The van der Waals surface area contributed by atoms with E-state index in [2.05, 4.69) is 44.3 Å². The molecule has 0 atom stereocenters. The zero-order valence-electron chi connectivity index (χ0n) is 21.1. The first kappa shape index (κ1) is 24.1. The number of aryl methyl sites for hydroxylation is 2. The van der Waals surface area contributed by atoms with Gasteiger partial charge >= 0.3 is 0 Å². The van der Waals surface area contributed by atoms with E-state index >= 15 is 0 Å². The number of aliphatic hydroxyl groups excluding tert-OH is 1. The minimum absolute atomic E-state index is 0.285. The van der Waals surface area contributed by atoms with Crippen molar-refractivity contribution < 1.29 is 5.11 Å². The highest BCUT2D eigenvalue weighted by Gasteiger charge is 2.51. The van der Waals surface area contributed by atoms with E-state index in [-0.39, 0.29) is 12.1 Å². The third-order valence-electron chi connectivity index (χ3n) is 7.41. The summed E-state index contributed by atoms with van der Waals surface area (Å²) in [5.41, 5.74) is 5.99. The lowest BCUT2D eigenvalue weighted by molar-refractivity contribution is 0.282. The predicted octanol–water partition coefficient (Wildman–Crippen LogP) is 5.88. The number of hydrogen-bond donors (Lipinski definition) is 1. The van der Waals surface area contributed by atoms with Crippen molar-refractivity contribution in [1.29, 1.82) is 0 Å². The molecule has 6 rings (SSSR count). The standard InChI is InChI=1S/C29H31ClN6O/c1-20-33-34-28-29(13-14-29)32-27(21-7-10-24(30)11-8-21)25-17-22(9-12-26(25)36(20)28)23-18-31-35(19-23)15-5-3-2-4-6-16-37/h7-12,17-19,37H,2-6,13-16H2,1H3. The average Bonchev–Trinajstić information content (AvgIpc) is 3.38. The first-order valence-corrected chi connectivity index (χ1v) is 13.5. The molecule has 1 aliphatic carbocycles. The molecule has 1 fully saturated rings. The van der Waals surface area contributed by atoms with E-state index in [9.17, 15) is 0 Å². The van der Waals surface area contributed by atoms with Crippen LogP contribution in [0.1, 0.15) is 67.7 Å². The maximum atomic E-state index is 8.94. The molecule has 1 spiro atoms. The molecule has 2 aliphatic rings. The van der Waals surface area contributed by atoms with E-state index in [1.807, 2.05) is 42.1 Å². The zero-order chi connectivity index (χ0) is 25.4. The van der Waals surface area contributed by atoms with Crippen LogP contribution in [0.2, 0.25) is 5.02 Å². The first-order chi connectivity index (χ1) is 18.1. The van der Waals surface area contributed by atoms with Crippen LogP contribution >= 0.6 is 11.6 Å².